The summed E-state index contributed by atoms with van der Waals surface area (Å²) in [4.78, 5) is 15.4. The maximum absolute atomic E-state index is 12.9. The molecule has 28 heavy (non-hydrogen) atoms. The van der Waals surface area contributed by atoms with Crippen LogP contribution in [-0.4, -0.2) is 66.0 Å². The van der Waals surface area contributed by atoms with Gasteiger partial charge < -0.3 is 14.8 Å². The van der Waals surface area contributed by atoms with E-state index in [1.165, 1.54) is 12.8 Å². The zero-order valence-electron chi connectivity index (χ0n) is 16.1. The van der Waals surface area contributed by atoms with Crippen molar-refractivity contribution >= 4 is 5.91 Å². The molecule has 1 amide bonds. The minimum absolute atomic E-state index is 0.0870. The fourth-order valence-corrected chi connectivity index (χ4v) is 4.48. The zero-order valence-corrected chi connectivity index (χ0v) is 16.1. The summed E-state index contributed by atoms with van der Waals surface area (Å²) in [6.07, 6.45) is 5.53. The van der Waals surface area contributed by atoms with E-state index in [-0.39, 0.29) is 11.9 Å². The molecule has 3 heterocycles. The Morgan fingerprint density at radius 1 is 1.36 bits per heavy atom. The van der Waals surface area contributed by atoms with Crippen LogP contribution in [0.3, 0.4) is 0 Å². The fraction of sp³-hybridized carbons (Fsp3) is 0.524. The van der Waals surface area contributed by atoms with Gasteiger partial charge in [-0.25, -0.2) is 0 Å². The van der Waals surface area contributed by atoms with E-state index in [0.717, 1.165) is 43.3 Å². The SMILES string of the molecule is COc1cccc(-c2[nH]ncc2C(=O)N[C@H]2C[C@H]3CO[C@H](C4CC4)CN3C2)c1. The number of H-pyrrole nitrogens is 1. The van der Waals surface area contributed by atoms with E-state index in [0.29, 0.717) is 23.4 Å². The molecule has 1 aromatic carbocycles. The summed E-state index contributed by atoms with van der Waals surface area (Å²) in [7, 11) is 1.63. The Balaban J connectivity index is 1.26. The van der Waals surface area contributed by atoms with Gasteiger partial charge in [0.05, 0.1) is 37.3 Å². The molecule has 148 valence electrons. The van der Waals surface area contributed by atoms with Crippen LogP contribution >= 0.6 is 0 Å². The molecule has 1 aromatic heterocycles. The van der Waals surface area contributed by atoms with E-state index < -0.39 is 0 Å². The number of morpholine rings is 1. The fourth-order valence-electron chi connectivity index (χ4n) is 4.48. The number of nitrogens with zero attached hydrogens (tertiary/aromatic N) is 2. The lowest BCUT2D eigenvalue weighted by molar-refractivity contribution is -0.0581. The third kappa shape index (κ3) is 3.40. The Morgan fingerprint density at radius 2 is 2.25 bits per heavy atom. The van der Waals surface area contributed by atoms with Gasteiger partial charge in [0.15, 0.2) is 0 Å². The molecule has 0 bridgehead atoms. The van der Waals surface area contributed by atoms with E-state index >= 15 is 0 Å². The topological polar surface area (TPSA) is 79.5 Å². The van der Waals surface area contributed by atoms with Crippen molar-refractivity contribution in [1.29, 1.82) is 0 Å². The second kappa shape index (κ2) is 7.22. The van der Waals surface area contributed by atoms with E-state index in [4.69, 9.17) is 9.47 Å². The summed E-state index contributed by atoms with van der Waals surface area (Å²) >= 11 is 0. The van der Waals surface area contributed by atoms with Gasteiger partial charge in [-0.3, -0.25) is 14.8 Å². The van der Waals surface area contributed by atoms with Gasteiger partial charge in [-0.2, -0.15) is 5.10 Å². The van der Waals surface area contributed by atoms with Crippen LogP contribution in [0.2, 0.25) is 0 Å². The van der Waals surface area contributed by atoms with Crippen LogP contribution < -0.4 is 10.1 Å². The summed E-state index contributed by atoms with van der Waals surface area (Å²) < 4.78 is 11.4. The normalized spacial score (nSPS) is 27.4. The Bertz CT molecular complexity index is 863. The van der Waals surface area contributed by atoms with Crippen LogP contribution in [0.25, 0.3) is 11.3 Å². The molecule has 1 saturated carbocycles. The molecule has 3 atom stereocenters. The monoisotopic (exact) mass is 382 g/mol. The number of aromatic amines is 1. The third-order valence-corrected chi connectivity index (χ3v) is 6.17. The van der Waals surface area contributed by atoms with Crippen molar-refractivity contribution in [3.05, 3.63) is 36.0 Å². The summed E-state index contributed by atoms with van der Waals surface area (Å²) in [5.41, 5.74) is 2.15. The molecule has 5 rings (SSSR count). The lowest BCUT2D eigenvalue weighted by Gasteiger charge is -2.35. The van der Waals surface area contributed by atoms with E-state index in [1.54, 1.807) is 13.3 Å². The quantitative estimate of drug-likeness (QED) is 0.828. The van der Waals surface area contributed by atoms with Crippen LogP contribution in [0.15, 0.2) is 30.5 Å². The summed E-state index contributed by atoms with van der Waals surface area (Å²) in [6, 6.07) is 8.19. The Kier molecular flexibility index (Phi) is 4.56. The number of amides is 1. The Labute approximate surface area is 164 Å². The van der Waals surface area contributed by atoms with Crippen molar-refractivity contribution in [2.24, 2.45) is 5.92 Å². The van der Waals surface area contributed by atoms with Gasteiger partial charge in [-0.05, 0) is 37.3 Å². The maximum Gasteiger partial charge on any atom is 0.255 e. The molecule has 7 nitrogen and oxygen atoms in total. The molecule has 7 heteroatoms. The summed E-state index contributed by atoms with van der Waals surface area (Å²) in [5, 5.41) is 10.3. The molecular formula is C21H26N4O3. The van der Waals surface area contributed by atoms with Crippen molar-refractivity contribution in [3.8, 4) is 17.0 Å². The number of hydrogen-bond donors (Lipinski definition) is 2. The zero-order chi connectivity index (χ0) is 19.1. The highest BCUT2D eigenvalue weighted by Gasteiger charge is 2.42. The molecule has 3 aliphatic rings. The van der Waals surface area contributed by atoms with Crippen LogP contribution in [0.4, 0.5) is 0 Å². The number of carbonyl (C=O) groups excluding carboxylic acids is 1. The standard InChI is InChI=1S/C21H26N4O3/c1-27-17-4-2-3-14(7-17)20-18(9-22-24-20)21(26)23-15-8-16-12-28-19(13-5-6-13)11-25(16)10-15/h2-4,7,9,13,15-16,19H,5-6,8,10-12H2,1H3,(H,22,24)(H,23,26)/t15-,16-,19-/m0/s1. The van der Waals surface area contributed by atoms with Crippen molar-refractivity contribution in [2.75, 3.05) is 26.8 Å². The smallest absolute Gasteiger partial charge is 0.255 e. The number of rotatable bonds is 5. The first-order valence-corrected chi connectivity index (χ1v) is 10.1. The van der Waals surface area contributed by atoms with Crippen molar-refractivity contribution < 1.29 is 14.3 Å². The molecule has 0 radical (unpaired) electrons. The number of fused-ring (bicyclic) bond motifs is 1. The van der Waals surface area contributed by atoms with Gasteiger partial charge in [0, 0.05) is 30.7 Å². The lowest BCUT2D eigenvalue weighted by Crippen LogP contribution is -2.47. The molecule has 0 spiro atoms. The average molecular weight is 382 g/mol. The van der Waals surface area contributed by atoms with Crippen LogP contribution in [0, 0.1) is 5.92 Å². The highest BCUT2D eigenvalue weighted by Crippen LogP contribution is 2.38. The van der Waals surface area contributed by atoms with Gasteiger partial charge in [-0.15, -0.1) is 0 Å². The molecule has 3 fully saturated rings. The number of nitrogens with one attached hydrogen (secondary N) is 2. The molecule has 2 N–H and O–H groups in total. The number of hydrogen-bond acceptors (Lipinski definition) is 5. The lowest BCUT2D eigenvalue weighted by atomic mass is 10.1. The summed E-state index contributed by atoms with van der Waals surface area (Å²) in [6.45, 7) is 2.69. The van der Waals surface area contributed by atoms with Gasteiger partial charge in [0.25, 0.3) is 5.91 Å². The van der Waals surface area contributed by atoms with Gasteiger partial charge in [-0.1, -0.05) is 12.1 Å². The Hall–Kier alpha value is -2.38. The predicted molar refractivity (Wildman–Crippen MR) is 104 cm³/mol. The van der Waals surface area contributed by atoms with Crippen LogP contribution in [-0.2, 0) is 4.74 Å². The first-order chi connectivity index (χ1) is 13.7. The number of methoxy groups -OCH3 is 1. The van der Waals surface area contributed by atoms with Crippen molar-refractivity contribution in [3.63, 3.8) is 0 Å². The van der Waals surface area contributed by atoms with Gasteiger partial charge in [0.2, 0.25) is 0 Å². The van der Waals surface area contributed by atoms with E-state index in [9.17, 15) is 4.79 Å². The van der Waals surface area contributed by atoms with Crippen LogP contribution in [0.1, 0.15) is 29.6 Å². The molecule has 1 aliphatic carbocycles. The minimum atomic E-state index is -0.0870. The highest BCUT2D eigenvalue weighted by molar-refractivity contribution is 6.00. The second-order valence-electron chi connectivity index (χ2n) is 8.11. The maximum atomic E-state index is 12.9. The molecule has 0 unspecified atom stereocenters. The largest absolute Gasteiger partial charge is 0.497 e. The van der Waals surface area contributed by atoms with E-state index in [2.05, 4.69) is 20.4 Å². The van der Waals surface area contributed by atoms with Gasteiger partial charge >= 0.3 is 0 Å². The number of aromatic nitrogens is 2. The number of carbonyl (C=O) groups is 1. The number of benzene rings is 1. The first kappa shape index (κ1) is 17.7. The first-order valence-electron chi connectivity index (χ1n) is 10.1. The van der Waals surface area contributed by atoms with E-state index in [1.807, 2.05) is 24.3 Å². The predicted octanol–water partition coefficient (Wildman–Crippen LogP) is 2.07. The molecule has 2 saturated heterocycles. The van der Waals surface area contributed by atoms with Crippen LogP contribution in [0.5, 0.6) is 5.75 Å². The second-order valence-corrected chi connectivity index (χ2v) is 8.11. The summed E-state index contributed by atoms with van der Waals surface area (Å²) in [5.74, 6) is 1.42. The average Bonchev–Trinajstić information content (AvgIpc) is 3.31. The molecule has 2 aromatic rings. The molecular weight excluding hydrogens is 356 g/mol. The minimum Gasteiger partial charge on any atom is -0.497 e. The Morgan fingerprint density at radius 3 is 3.07 bits per heavy atom. The van der Waals surface area contributed by atoms with Crippen molar-refractivity contribution in [1.82, 2.24) is 20.4 Å². The number of ether oxygens (including phenoxy) is 2. The van der Waals surface area contributed by atoms with Gasteiger partial charge in [0.1, 0.15) is 5.75 Å². The third-order valence-electron chi connectivity index (χ3n) is 6.17. The van der Waals surface area contributed by atoms with Crippen molar-refractivity contribution in [2.45, 2.75) is 37.5 Å². The highest BCUT2D eigenvalue weighted by atomic mass is 16.5. The molecule has 2 aliphatic heterocycles.